The summed E-state index contributed by atoms with van der Waals surface area (Å²) in [5.41, 5.74) is 0.799. The second-order valence-electron chi connectivity index (χ2n) is 3.20. The van der Waals surface area contributed by atoms with Crippen LogP contribution < -0.4 is 5.32 Å². The molecule has 1 aliphatic heterocycles. The summed E-state index contributed by atoms with van der Waals surface area (Å²) in [6, 6.07) is 4.99. The van der Waals surface area contributed by atoms with Crippen LogP contribution in [-0.4, -0.2) is 28.1 Å². The van der Waals surface area contributed by atoms with Gasteiger partial charge in [0.25, 0.3) is 0 Å². The van der Waals surface area contributed by atoms with E-state index < -0.39 is 0 Å². The molecule has 1 saturated heterocycles. The standard InChI is InChI=1S/C10H8BrN3O2S/c11-7-3-6(1-2-8(7)15)4-12-14-10-13-9(16)5-17-10/h1-4,15H,5H2,(H,13,14,16). The van der Waals surface area contributed by atoms with E-state index in [1.165, 1.54) is 11.8 Å². The predicted molar refractivity (Wildman–Crippen MR) is 71.4 cm³/mol. The Kier molecular flexibility index (Phi) is 3.80. The van der Waals surface area contributed by atoms with Crippen LogP contribution in [0.2, 0.25) is 0 Å². The molecule has 0 saturated carbocycles. The van der Waals surface area contributed by atoms with Crippen molar-refractivity contribution in [1.29, 1.82) is 0 Å². The van der Waals surface area contributed by atoms with Crippen molar-refractivity contribution in [2.24, 2.45) is 10.2 Å². The fraction of sp³-hybridized carbons (Fsp3) is 0.100. The van der Waals surface area contributed by atoms with Crippen molar-refractivity contribution in [3.63, 3.8) is 0 Å². The smallest absolute Gasteiger partial charge is 0.236 e. The molecule has 5 nitrogen and oxygen atoms in total. The molecule has 1 aromatic rings. The van der Waals surface area contributed by atoms with Gasteiger partial charge in [0.15, 0.2) is 5.17 Å². The fourth-order valence-corrected chi connectivity index (χ4v) is 2.16. The number of hydrogen-bond acceptors (Lipinski definition) is 5. The summed E-state index contributed by atoms with van der Waals surface area (Å²) in [4.78, 5) is 10.9. The molecular formula is C10H8BrN3O2S. The number of nitrogens with one attached hydrogen (secondary N) is 1. The third kappa shape index (κ3) is 3.31. The van der Waals surface area contributed by atoms with E-state index in [1.54, 1.807) is 24.4 Å². The van der Waals surface area contributed by atoms with Crippen LogP contribution in [0.1, 0.15) is 5.56 Å². The second-order valence-corrected chi connectivity index (χ2v) is 5.02. The molecule has 1 amide bonds. The van der Waals surface area contributed by atoms with Crippen molar-refractivity contribution < 1.29 is 9.90 Å². The average Bonchev–Trinajstić information content (AvgIpc) is 2.70. The first-order valence-corrected chi connectivity index (χ1v) is 6.45. The number of hydrogen-bond donors (Lipinski definition) is 2. The summed E-state index contributed by atoms with van der Waals surface area (Å²) in [7, 11) is 0. The highest BCUT2D eigenvalue weighted by Gasteiger charge is 2.15. The Morgan fingerprint density at radius 2 is 2.35 bits per heavy atom. The van der Waals surface area contributed by atoms with E-state index in [1.807, 2.05) is 0 Å². The summed E-state index contributed by atoms with van der Waals surface area (Å²) < 4.78 is 0.595. The molecule has 2 rings (SSSR count). The highest BCUT2D eigenvalue weighted by atomic mass is 79.9. The molecule has 2 N–H and O–H groups in total. The lowest BCUT2D eigenvalue weighted by Crippen LogP contribution is -2.19. The van der Waals surface area contributed by atoms with E-state index in [4.69, 9.17) is 0 Å². The molecule has 0 bridgehead atoms. The van der Waals surface area contributed by atoms with Gasteiger partial charge in [-0.25, -0.2) is 0 Å². The van der Waals surface area contributed by atoms with E-state index in [0.29, 0.717) is 15.4 Å². The van der Waals surface area contributed by atoms with Crippen LogP contribution in [0, 0.1) is 0 Å². The highest BCUT2D eigenvalue weighted by molar-refractivity contribution is 9.10. The summed E-state index contributed by atoms with van der Waals surface area (Å²) in [5, 5.41) is 20.1. The van der Waals surface area contributed by atoms with Crippen molar-refractivity contribution in [3.05, 3.63) is 28.2 Å². The number of thioether (sulfide) groups is 1. The van der Waals surface area contributed by atoms with Gasteiger partial charge in [0.2, 0.25) is 5.91 Å². The number of amidine groups is 1. The molecule has 0 unspecified atom stereocenters. The fourth-order valence-electron chi connectivity index (χ4n) is 1.13. The first-order chi connectivity index (χ1) is 8.15. The normalized spacial score (nSPS) is 17.9. The number of carbonyl (C=O) groups is 1. The van der Waals surface area contributed by atoms with Gasteiger partial charge in [0.1, 0.15) is 5.75 Å². The van der Waals surface area contributed by atoms with E-state index in [2.05, 4.69) is 31.4 Å². The number of amides is 1. The Labute approximate surface area is 110 Å². The molecule has 0 radical (unpaired) electrons. The van der Waals surface area contributed by atoms with E-state index in [0.717, 1.165) is 5.56 Å². The number of phenols is 1. The first-order valence-electron chi connectivity index (χ1n) is 4.67. The van der Waals surface area contributed by atoms with Crippen LogP contribution in [0.5, 0.6) is 5.75 Å². The number of benzene rings is 1. The van der Waals surface area contributed by atoms with Crippen LogP contribution >= 0.6 is 27.7 Å². The zero-order valence-corrected chi connectivity index (χ0v) is 11.0. The zero-order chi connectivity index (χ0) is 12.3. The highest BCUT2D eigenvalue weighted by Crippen LogP contribution is 2.23. The summed E-state index contributed by atoms with van der Waals surface area (Å²) in [6.07, 6.45) is 1.54. The molecule has 1 aliphatic rings. The minimum atomic E-state index is -0.0590. The molecule has 0 spiro atoms. The minimum Gasteiger partial charge on any atom is -0.507 e. The largest absolute Gasteiger partial charge is 0.507 e. The van der Waals surface area contributed by atoms with Crippen molar-refractivity contribution in [1.82, 2.24) is 5.32 Å². The van der Waals surface area contributed by atoms with Crippen LogP contribution in [-0.2, 0) is 4.79 Å². The van der Waals surface area contributed by atoms with Gasteiger partial charge in [-0.15, -0.1) is 5.10 Å². The maximum absolute atomic E-state index is 10.9. The summed E-state index contributed by atoms with van der Waals surface area (Å²) in [5.74, 6) is 0.502. The lowest BCUT2D eigenvalue weighted by Gasteiger charge is -1.96. The molecule has 88 valence electrons. The lowest BCUT2D eigenvalue weighted by atomic mass is 10.2. The maximum atomic E-state index is 10.9. The van der Waals surface area contributed by atoms with Gasteiger partial charge in [-0.1, -0.05) is 11.8 Å². The average molecular weight is 314 g/mol. The van der Waals surface area contributed by atoms with Crippen molar-refractivity contribution in [2.45, 2.75) is 0 Å². The second kappa shape index (κ2) is 5.33. The molecule has 17 heavy (non-hydrogen) atoms. The first kappa shape index (κ1) is 12.1. The molecule has 7 heteroatoms. The third-order valence-corrected chi connectivity index (χ3v) is 3.41. The Morgan fingerprint density at radius 3 is 3.00 bits per heavy atom. The Balaban J connectivity index is 2.05. The Hall–Kier alpha value is -1.34. The van der Waals surface area contributed by atoms with Gasteiger partial charge in [-0.05, 0) is 39.7 Å². The Morgan fingerprint density at radius 1 is 1.53 bits per heavy atom. The van der Waals surface area contributed by atoms with Gasteiger partial charge in [0, 0.05) is 0 Å². The number of rotatable bonds is 2. The predicted octanol–water partition coefficient (Wildman–Crippen LogP) is 1.71. The monoisotopic (exact) mass is 313 g/mol. The lowest BCUT2D eigenvalue weighted by molar-refractivity contribution is -0.116. The number of phenolic OH excluding ortho intramolecular Hbond substituents is 1. The van der Waals surface area contributed by atoms with Gasteiger partial charge in [0.05, 0.1) is 16.4 Å². The number of halogens is 1. The van der Waals surface area contributed by atoms with E-state index in [9.17, 15) is 9.90 Å². The molecule has 0 atom stereocenters. The number of aromatic hydroxyl groups is 1. The Bertz CT molecular complexity index is 516. The number of nitrogens with zero attached hydrogens (tertiary/aromatic N) is 2. The van der Waals surface area contributed by atoms with Crippen LogP contribution in [0.4, 0.5) is 0 Å². The van der Waals surface area contributed by atoms with Gasteiger partial charge in [-0.2, -0.15) is 5.10 Å². The summed E-state index contributed by atoms with van der Waals surface area (Å²) >= 11 is 4.52. The van der Waals surface area contributed by atoms with Gasteiger partial charge < -0.3 is 10.4 Å². The quantitative estimate of drug-likeness (QED) is 0.645. The van der Waals surface area contributed by atoms with E-state index >= 15 is 0 Å². The van der Waals surface area contributed by atoms with Gasteiger partial charge >= 0.3 is 0 Å². The van der Waals surface area contributed by atoms with Crippen LogP contribution in [0.15, 0.2) is 32.9 Å². The van der Waals surface area contributed by atoms with Crippen LogP contribution in [0.3, 0.4) is 0 Å². The molecular weight excluding hydrogens is 306 g/mol. The molecule has 1 heterocycles. The SMILES string of the molecule is O=C1CSC(=NN=Cc2ccc(O)c(Br)c2)N1. The minimum absolute atomic E-state index is 0.0590. The van der Waals surface area contributed by atoms with E-state index in [-0.39, 0.29) is 11.7 Å². The maximum Gasteiger partial charge on any atom is 0.236 e. The van der Waals surface area contributed by atoms with Crippen molar-refractivity contribution >= 4 is 45.0 Å². The summed E-state index contributed by atoms with van der Waals surface area (Å²) in [6.45, 7) is 0. The molecule has 0 aromatic heterocycles. The topological polar surface area (TPSA) is 74.0 Å². The number of carbonyl (C=O) groups excluding carboxylic acids is 1. The molecule has 1 fully saturated rings. The van der Waals surface area contributed by atoms with Crippen LogP contribution in [0.25, 0.3) is 0 Å². The van der Waals surface area contributed by atoms with Crippen molar-refractivity contribution in [2.75, 3.05) is 5.75 Å². The molecule has 1 aromatic carbocycles. The molecule has 0 aliphatic carbocycles. The van der Waals surface area contributed by atoms with Gasteiger partial charge in [-0.3, -0.25) is 4.79 Å². The third-order valence-electron chi connectivity index (χ3n) is 1.91. The zero-order valence-electron chi connectivity index (χ0n) is 8.55. The van der Waals surface area contributed by atoms with Crippen molar-refractivity contribution in [3.8, 4) is 5.75 Å².